The van der Waals surface area contributed by atoms with Crippen molar-refractivity contribution in [1.29, 1.82) is 0 Å². The number of hydrogen-bond donors (Lipinski definition) is 0. The first-order chi connectivity index (χ1) is 16.1. The molecule has 0 N–H and O–H groups in total. The third-order valence-corrected chi connectivity index (χ3v) is 6.76. The van der Waals surface area contributed by atoms with Crippen LogP contribution in [-0.4, -0.2) is 41.0 Å². The molecular weight excluding hydrogens is 434 g/mol. The molecule has 0 spiro atoms. The second-order valence-electron chi connectivity index (χ2n) is 8.57. The molecule has 2 aliphatic rings. The van der Waals surface area contributed by atoms with E-state index < -0.39 is 5.97 Å². The second-order valence-corrected chi connectivity index (χ2v) is 9.01. The maximum atomic E-state index is 11.8. The van der Waals surface area contributed by atoms with Crippen LogP contribution in [0, 0.1) is 0 Å². The first-order valence-corrected chi connectivity index (χ1v) is 11.7. The van der Waals surface area contributed by atoms with Crippen LogP contribution in [0.4, 0.5) is 0 Å². The fraction of sp³-hybridized carbons (Fsp3) is 0.296. The van der Waals surface area contributed by atoms with Crippen LogP contribution in [0.5, 0.6) is 0 Å². The Kier molecular flexibility index (Phi) is 6.25. The predicted molar refractivity (Wildman–Crippen MR) is 129 cm³/mol. The monoisotopic (exact) mass is 459 g/mol. The molecular formula is C27H26ClN3O2. The van der Waals surface area contributed by atoms with Crippen molar-refractivity contribution in [3.05, 3.63) is 99.1 Å². The van der Waals surface area contributed by atoms with E-state index in [-0.39, 0.29) is 0 Å². The number of nitrogens with zero attached hydrogens (tertiary/aromatic N) is 3. The van der Waals surface area contributed by atoms with Gasteiger partial charge in [0.25, 0.3) is 0 Å². The zero-order chi connectivity index (χ0) is 22.8. The molecule has 0 atom stereocenters. The van der Waals surface area contributed by atoms with E-state index >= 15 is 0 Å². The number of pyridine rings is 2. The minimum atomic E-state index is -0.402. The quantitative estimate of drug-likeness (QED) is 0.509. The minimum absolute atomic E-state index is 0.353. The first kappa shape index (κ1) is 21.8. The molecule has 168 valence electrons. The van der Waals surface area contributed by atoms with Crippen molar-refractivity contribution in [2.24, 2.45) is 0 Å². The Morgan fingerprint density at radius 3 is 2.67 bits per heavy atom. The lowest BCUT2D eigenvalue weighted by molar-refractivity contribution is 0.0593. The minimum Gasteiger partial charge on any atom is -0.464 e. The van der Waals surface area contributed by atoms with E-state index in [2.05, 4.69) is 28.1 Å². The van der Waals surface area contributed by atoms with E-state index in [1.807, 2.05) is 30.5 Å². The van der Waals surface area contributed by atoms with Gasteiger partial charge in [-0.1, -0.05) is 35.4 Å². The van der Waals surface area contributed by atoms with Gasteiger partial charge in [0.15, 0.2) is 0 Å². The maximum absolute atomic E-state index is 11.8. The summed E-state index contributed by atoms with van der Waals surface area (Å²) in [5, 5.41) is 0.786. The van der Waals surface area contributed by atoms with Crippen molar-refractivity contribution in [1.82, 2.24) is 14.9 Å². The second kappa shape index (κ2) is 9.46. The number of likely N-dealkylation sites (tertiary alicyclic amines) is 1. The fourth-order valence-electron chi connectivity index (χ4n) is 4.88. The van der Waals surface area contributed by atoms with Crippen LogP contribution >= 0.6 is 11.6 Å². The van der Waals surface area contributed by atoms with Gasteiger partial charge in [0.2, 0.25) is 0 Å². The molecule has 5 nitrogen and oxygen atoms in total. The highest BCUT2D eigenvalue weighted by Crippen LogP contribution is 2.38. The van der Waals surface area contributed by atoms with Gasteiger partial charge in [0.1, 0.15) is 5.69 Å². The summed E-state index contributed by atoms with van der Waals surface area (Å²) in [6, 6.07) is 16.0. The van der Waals surface area contributed by atoms with Crippen LogP contribution in [0.3, 0.4) is 0 Å². The zero-order valence-corrected chi connectivity index (χ0v) is 19.4. The number of ether oxygens (including phenoxy) is 1. The lowest BCUT2D eigenvalue weighted by Gasteiger charge is -2.30. The Labute approximate surface area is 199 Å². The Hall–Kier alpha value is -3.02. The summed E-state index contributed by atoms with van der Waals surface area (Å²) in [5.74, 6) is -0.402. The Morgan fingerprint density at radius 1 is 1.03 bits per heavy atom. The lowest BCUT2D eigenvalue weighted by atomic mass is 9.88. The van der Waals surface area contributed by atoms with Crippen molar-refractivity contribution in [2.75, 3.05) is 20.2 Å². The van der Waals surface area contributed by atoms with Crippen LogP contribution in [0.1, 0.15) is 51.4 Å². The van der Waals surface area contributed by atoms with E-state index in [1.165, 1.54) is 34.9 Å². The van der Waals surface area contributed by atoms with Crippen LogP contribution in [0.2, 0.25) is 5.02 Å². The van der Waals surface area contributed by atoms with E-state index in [9.17, 15) is 4.79 Å². The molecule has 2 aromatic heterocycles. The molecule has 33 heavy (non-hydrogen) atoms. The smallest absolute Gasteiger partial charge is 0.356 e. The van der Waals surface area contributed by atoms with E-state index in [0.717, 1.165) is 55.2 Å². The average molecular weight is 460 g/mol. The number of piperidine rings is 1. The van der Waals surface area contributed by atoms with Gasteiger partial charge < -0.3 is 4.74 Å². The van der Waals surface area contributed by atoms with Crippen LogP contribution < -0.4 is 0 Å². The molecule has 0 unspecified atom stereocenters. The Balaban J connectivity index is 1.42. The highest BCUT2D eigenvalue weighted by atomic mass is 35.5. The summed E-state index contributed by atoms with van der Waals surface area (Å²) in [6.07, 6.45) is 5.80. The molecule has 6 heteroatoms. The number of halogens is 1. The van der Waals surface area contributed by atoms with Gasteiger partial charge in [0, 0.05) is 36.4 Å². The number of hydrogen-bond acceptors (Lipinski definition) is 5. The van der Waals surface area contributed by atoms with Gasteiger partial charge in [-0.2, -0.15) is 0 Å². The standard InChI is InChI=1S/C27H26ClN3O2/c1-33-27(32)24-6-2-5-22(30-24)17-31-14-11-18(12-15-31)25-23-10-9-21(28)16-20(23)8-7-19-4-3-13-29-26(19)25/h2-6,9-10,13,16H,7-8,11-12,14-15,17H2,1H3. The molecule has 1 aromatic carbocycles. The number of aryl methyl sites for hydroxylation is 2. The molecule has 1 aliphatic heterocycles. The van der Waals surface area contributed by atoms with E-state index in [0.29, 0.717) is 12.2 Å². The molecule has 0 radical (unpaired) electrons. The van der Waals surface area contributed by atoms with Gasteiger partial charge in [-0.15, -0.1) is 0 Å². The maximum Gasteiger partial charge on any atom is 0.356 e. The van der Waals surface area contributed by atoms with Crippen molar-refractivity contribution < 1.29 is 9.53 Å². The molecule has 1 fully saturated rings. The topological polar surface area (TPSA) is 55.3 Å². The number of fused-ring (bicyclic) bond motifs is 2. The Bertz CT molecular complexity index is 1230. The van der Waals surface area contributed by atoms with Gasteiger partial charge in [-0.25, -0.2) is 9.78 Å². The third kappa shape index (κ3) is 4.56. The number of methoxy groups -OCH3 is 1. The van der Waals surface area contributed by atoms with Crippen molar-refractivity contribution in [3.63, 3.8) is 0 Å². The lowest BCUT2D eigenvalue weighted by Crippen LogP contribution is -2.31. The number of carbonyl (C=O) groups excluding carboxylic acids is 1. The number of esters is 1. The number of aromatic nitrogens is 2. The number of benzene rings is 1. The van der Waals surface area contributed by atoms with Gasteiger partial charge in [-0.05, 0) is 72.7 Å². The molecule has 0 bridgehead atoms. The van der Waals surface area contributed by atoms with Crippen molar-refractivity contribution >= 4 is 23.1 Å². The molecule has 1 saturated heterocycles. The third-order valence-electron chi connectivity index (χ3n) is 6.53. The molecule has 3 heterocycles. The first-order valence-electron chi connectivity index (χ1n) is 11.3. The average Bonchev–Trinajstić information content (AvgIpc) is 3.01. The summed E-state index contributed by atoms with van der Waals surface area (Å²) in [4.78, 5) is 23.5. The molecule has 3 aromatic rings. The number of carbonyl (C=O) groups is 1. The highest BCUT2D eigenvalue weighted by molar-refractivity contribution is 6.30. The predicted octanol–water partition coefficient (Wildman–Crippen LogP) is 5.11. The Morgan fingerprint density at radius 2 is 1.85 bits per heavy atom. The van der Waals surface area contributed by atoms with E-state index in [1.54, 1.807) is 6.07 Å². The van der Waals surface area contributed by atoms with E-state index in [4.69, 9.17) is 21.3 Å². The summed E-state index contributed by atoms with van der Waals surface area (Å²) >= 11 is 6.34. The van der Waals surface area contributed by atoms with Gasteiger partial charge in [0.05, 0.1) is 18.5 Å². The van der Waals surface area contributed by atoms with Crippen LogP contribution in [0.25, 0.3) is 5.57 Å². The van der Waals surface area contributed by atoms with Crippen molar-refractivity contribution in [3.8, 4) is 0 Å². The summed E-state index contributed by atoms with van der Waals surface area (Å²) < 4.78 is 4.80. The number of rotatable bonds is 3. The zero-order valence-electron chi connectivity index (χ0n) is 18.7. The van der Waals surface area contributed by atoms with Gasteiger partial charge in [-0.3, -0.25) is 9.88 Å². The normalized spacial score (nSPS) is 16.1. The van der Waals surface area contributed by atoms with Crippen molar-refractivity contribution in [2.45, 2.75) is 32.2 Å². The fourth-order valence-corrected chi connectivity index (χ4v) is 5.07. The van der Waals surface area contributed by atoms with Gasteiger partial charge >= 0.3 is 5.97 Å². The highest BCUT2D eigenvalue weighted by Gasteiger charge is 2.25. The summed E-state index contributed by atoms with van der Waals surface area (Å²) in [6.45, 7) is 2.59. The SMILES string of the molecule is COC(=O)c1cccc(CN2CCC(=C3c4ccc(Cl)cc4CCc4cccnc43)CC2)n1. The molecule has 5 rings (SSSR count). The summed E-state index contributed by atoms with van der Waals surface area (Å²) in [5.41, 5.74) is 8.98. The largest absolute Gasteiger partial charge is 0.464 e. The molecule has 0 saturated carbocycles. The molecule has 1 aliphatic carbocycles. The van der Waals surface area contributed by atoms with Crippen LogP contribution in [-0.2, 0) is 24.1 Å². The molecule has 0 amide bonds. The van der Waals surface area contributed by atoms with Crippen LogP contribution in [0.15, 0.2) is 60.3 Å². The summed E-state index contributed by atoms with van der Waals surface area (Å²) in [7, 11) is 1.38.